The third kappa shape index (κ3) is 1.35. The Morgan fingerprint density at radius 3 is 3.20 bits per heavy atom. The number of pyridine rings is 1. The normalized spacial score (nSPS) is 9.20. The van der Waals surface area contributed by atoms with E-state index in [1.54, 1.807) is 18.3 Å². The second-order valence-corrected chi connectivity index (χ2v) is 1.92. The van der Waals surface area contributed by atoms with Gasteiger partial charge in [0.05, 0.1) is 0 Å². The first kappa shape index (κ1) is 6.81. The van der Waals surface area contributed by atoms with Crippen molar-refractivity contribution in [1.29, 1.82) is 0 Å². The van der Waals surface area contributed by atoms with E-state index in [2.05, 4.69) is 17.8 Å². The molecule has 1 heterocycles. The maximum Gasteiger partial charge on any atom is 0.147 e. The van der Waals surface area contributed by atoms with E-state index in [1.807, 2.05) is 0 Å². The van der Waals surface area contributed by atoms with Gasteiger partial charge in [-0.25, -0.2) is 0 Å². The molecule has 0 atom stereocenters. The summed E-state index contributed by atoms with van der Waals surface area (Å²) in [6.07, 6.45) is 6.42. The monoisotopic (exact) mass is 134 g/mol. The number of rotatable bonds is 2. The standard InChI is InChI=1S/C8H8NO/c1-2-3-7-4-5-9-6-8(7)10/h2,4-5,10H,1,3H2. The fraction of sp³-hybridized carbons (Fsp3) is 0.125. The lowest BCUT2D eigenvalue weighted by molar-refractivity contribution is 0.465. The van der Waals surface area contributed by atoms with Gasteiger partial charge in [-0.3, -0.25) is 4.98 Å². The summed E-state index contributed by atoms with van der Waals surface area (Å²) in [5.74, 6) is 0.113. The molecule has 0 bridgehead atoms. The van der Waals surface area contributed by atoms with Crippen LogP contribution < -0.4 is 0 Å². The van der Waals surface area contributed by atoms with Crippen LogP contribution in [0.25, 0.3) is 0 Å². The van der Waals surface area contributed by atoms with Crippen molar-refractivity contribution in [2.45, 2.75) is 6.42 Å². The minimum absolute atomic E-state index is 0.113. The predicted octanol–water partition coefficient (Wildman–Crippen LogP) is 1.32. The van der Waals surface area contributed by atoms with Crippen molar-refractivity contribution >= 4 is 0 Å². The summed E-state index contributed by atoms with van der Waals surface area (Å²) in [7, 11) is 0. The highest BCUT2D eigenvalue weighted by atomic mass is 16.3. The first-order valence-electron chi connectivity index (χ1n) is 3.00. The van der Waals surface area contributed by atoms with E-state index in [4.69, 9.17) is 5.11 Å². The first-order chi connectivity index (χ1) is 4.84. The summed E-state index contributed by atoms with van der Waals surface area (Å²) in [6, 6.07) is 1.74. The van der Waals surface area contributed by atoms with Crippen LogP contribution in [0.1, 0.15) is 5.56 Å². The molecule has 0 aliphatic rings. The van der Waals surface area contributed by atoms with Gasteiger partial charge < -0.3 is 5.11 Å². The quantitative estimate of drug-likeness (QED) is 0.619. The van der Waals surface area contributed by atoms with E-state index in [0.717, 1.165) is 5.56 Å². The Balaban J connectivity index is 2.91. The molecule has 1 radical (unpaired) electrons. The average Bonchev–Trinajstić information content (AvgIpc) is 1.94. The van der Waals surface area contributed by atoms with Crippen molar-refractivity contribution in [2.24, 2.45) is 0 Å². The molecule has 1 N–H and O–H groups in total. The molecule has 0 amide bonds. The molecule has 0 fully saturated rings. The molecule has 0 aliphatic heterocycles. The van der Waals surface area contributed by atoms with Gasteiger partial charge in [-0.1, -0.05) is 6.08 Å². The number of allylic oxidation sites excluding steroid dienone is 1. The third-order valence-corrected chi connectivity index (χ3v) is 1.19. The second kappa shape index (κ2) is 3.01. The van der Waals surface area contributed by atoms with Crippen LogP contribution in [0.5, 0.6) is 5.75 Å². The molecular weight excluding hydrogens is 126 g/mol. The first-order valence-corrected chi connectivity index (χ1v) is 3.00. The topological polar surface area (TPSA) is 33.1 Å². The molecule has 2 heteroatoms. The van der Waals surface area contributed by atoms with Gasteiger partial charge in [0, 0.05) is 11.8 Å². The Bertz CT molecular complexity index is 232. The van der Waals surface area contributed by atoms with Gasteiger partial charge in [0.15, 0.2) is 0 Å². The van der Waals surface area contributed by atoms with Crippen molar-refractivity contribution in [3.8, 4) is 5.75 Å². The van der Waals surface area contributed by atoms with Crippen LogP contribution in [0.4, 0.5) is 0 Å². The second-order valence-electron chi connectivity index (χ2n) is 1.92. The molecule has 0 aromatic carbocycles. The summed E-state index contributed by atoms with van der Waals surface area (Å²) < 4.78 is 0. The lowest BCUT2D eigenvalue weighted by atomic mass is 10.2. The third-order valence-electron chi connectivity index (χ3n) is 1.19. The highest BCUT2D eigenvalue weighted by molar-refractivity contribution is 5.28. The summed E-state index contributed by atoms with van der Waals surface area (Å²) in [5.41, 5.74) is 0.810. The average molecular weight is 134 g/mol. The summed E-state index contributed by atoms with van der Waals surface area (Å²) in [4.78, 5) is 3.62. The van der Waals surface area contributed by atoms with E-state index in [1.165, 1.54) is 0 Å². The number of hydrogen-bond donors (Lipinski definition) is 1. The highest BCUT2D eigenvalue weighted by Crippen LogP contribution is 2.13. The summed E-state index contributed by atoms with van der Waals surface area (Å²) >= 11 is 0. The minimum atomic E-state index is 0.113. The van der Waals surface area contributed by atoms with Gasteiger partial charge in [0.1, 0.15) is 11.9 Å². The van der Waals surface area contributed by atoms with E-state index in [0.29, 0.717) is 6.42 Å². The van der Waals surface area contributed by atoms with Gasteiger partial charge in [0.25, 0.3) is 0 Å². The largest absolute Gasteiger partial charge is 0.505 e. The van der Waals surface area contributed by atoms with Gasteiger partial charge in [-0.15, -0.1) is 6.58 Å². The number of nitrogens with zero attached hydrogens (tertiary/aromatic N) is 1. The number of aromatic hydroxyl groups is 1. The molecule has 0 spiro atoms. The lowest BCUT2D eigenvalue weighted by Crippen LogP contribution is -1.82. The fourth-order valence-corrected chi connectivity index (χ4v) is 0.697. The van der Waals surface area contributed by atoms with Crippen LogP contribution in [-0.4, -0.2) is 10.1 Å². The summed E-state index contributed by atoms with van der Waals surface area (Å²) in [6.45, 7) is 3.55. The minimum Gasteiger partial charge on any atom is -0.505 e. The van der Waals surface area contributed by atoms with Crippen LogP contribution in [0, 0.1) is 6.20 Å². The molecular formula is C8H8NO. The van der Waals surface area contributed by atoms with Crippen molar-refractivity contribution in [3.63, 3.8) is 0 Å². The SMILES string of the molecule is C=CCc1ccn[c]c1O. The molecule has 0 unspecified atom stereocenters. The van der Waals surface area contributed by atoms with E-state index in [-0.39, 0.29) is 5.75 Å². The van der Waals surface area contributed by atoms with Crippen LogP contribution in [-0.2, 0) is 6.42 Å². The predicted molar refractivity (Wildman–Crippen MR) is 38.6 cm³/mol. The van der Waals surface area contributed by atoms with Crippen molar-refractivity contribution in [2.75, 3.05) is 0 Å². The highest BCUT2D eigenvalue weighted by Gasteiger charge is 1.95. The molecule has 2 nitrogen and oxygen atoms in total. The Hall–Kier alpha value is -1.31. The molecule has 0 saturated carbocycles. The maximum absolute atomic E-state index is 9.08. The molecule has 1 rings (SSSR count). The van der Waals surface area contributed by atoms with Gasteiger partial charge in [0.2, 0.25) is 0 Å². The zero-order valence-corrected chi connectivity index (χ0v) is 5.54. The molecule has 1 aromatic heterocycles. The molecule has 10 heavy (non-hydrogen) atoms. The number of aromatic nitrogens is 1. The van der Waals surface area contributed by atoms with Crippen molar-refractivity contribution < 1.29 is 5.11 Å². The lowest BCUT2D eigenvalue weighted by Gasteiger charge is -1.96. The Morgan fingerprint density at radius 1 is 1.80 bits per heavy atom. The van der Waals surface area contributed by atoms with Crippen LogP contribution in [0.3, 0.4) is 0 Å². The van der Waals surface area contributed by atoms with E-state index >= 15 is 0 Å². The Labute approximate surface area is 59.9 Å². The van der Waals surface area contributed by atoms with Crippen molar-refractivity contribution in [1.82, 2.24) is 4.98 Å². The van der Waals surface area contributed by atoms with Crippen LogP contribution in [0.2, 0.25) is 0 Å². The Morgan fingerprint density at radius 2 is 2.60 bits per heavy atom. The van der Waals surface area contributed by atoms with Gasteiger partial charge >= 0.3 is 0 Å². The van der Waals surface area contributed by atoms with Gasteiger partial charge in [-0.05, 0) is 12.5 Å². The van der Waals surface area contributed by atoms with Crippen LogP contribution >= 0.6 is 0 Å². The number of hydrogen-bond acceptors (Lipinski definition) is 2. The van der Waals surface area contributed by atoms with E-state index in [9.17, 15) is 0 Å². The summed E-state index contributed by atoms with van der Waals surface area (Å²) in [5, 5.41) is 9.08. The van der Waals surface area contributed by atoms with Gasteiger partial charge in [-0.2, -0.15) is 0 Å². The van der Waals surface area contributed by atoms with Crippen LogP contribution in [0.15, 0.2) is 24.9 Å². The molecule has 51 valence electrons. The Kier molecular flexibility index (Phi) is 2.05. The molecule has 0 saturated heterocycles. The molecule has 1 aromatic rings. The fourth-order valence-electron chi connectivity index (χ4n) is 0.697. The zero-order chi connectivity index (χ0) is 7.40. The smallest absolute Gasteiger partial charge is 0.147 e. The van der Waals surface area contributed by atoms with Crippen molar-refractivity contribution in [3.05, 3.63) is 36.7 Å². The maximum atomic E-state index is 9.08. The van der Waals surface area contributed by atoms with E-state index < -0.39 is 0 Å². The molecule has 0 aliphatic carbocycles. The zero-order valence-electron chi connectivity index (χ0n) is 5.54.